The Morgan fingerprint density at radius 1 is 0.833 bits per heavy atom. The molecule has 0 bridgehead atoms. The highest BCUT2D eigenvalue weighted by Crippen LogP contribution is 2.25. The SMILES string of the molecule is COc1ccccc1OCC(=O)Nc1cccc(NC(=O)CCCc2nnc(-c3ccccc3)o2)c1. The number of anilines is 2. The van der Waals surface area contributed by atoms with E-state index in [2.05, 4.69) is 20.8 Å². The van der Waals surface area contributed by atoms with Crippen molar-refractivity contribution in [3.63, 3.8) is 0 Å². The van der Waals surface area contributed by atoms with Crippen LogP contribution in [0, 0.1) is 0 Å². The zero-order valence-corrected chi connectivity index (χ0v) is 19.8. The van der Waals surface area contributed by atoms with Crippen molar-refractivity contribution in [2.24, 2.45) is 0 Å². The predicted molar refractivity (Wildman–Crippen MR) is 135 cm³/mol. The summed E-state index contributed by atoms with van der Waals surface area (Å²) in [6.07, 6.45) is 1.33. The monoisotopic (exact) mass is 486 g/mol. The number of carbonyl (C=O) groups excluding carboxylic acids is 2. The Labute approximate surface area is 208 Å². The molecule has 9 nitrogen and oxygen atoms in total. The summed E-state index contributed by atoms with van der Waals surface area (Å²) in [6, 6.07) is 23.5. The lowest BCUT2D eigenvalue weighted by molar-refractivity contribution is -0.118. The summed E-state index contributed by atoms with van der Waals surface area (Å²) in [5.41, 5.74) is 1.97. The van der Waals surface area contributed by atoms with Gasteiger partial charge in [0.2, 0.25) is 17.7 Å². The number of aryl methyl sites for hydroxylation is 1. The molecule has 4 aromatic rings. The third-order valence-electron chi connectivity index (χ3n) is 5.14. The fourth-order valence-electron chi connectivity index (χ4n) is 3.43. The van der Waals surface area contributed by atoms with Crippen LogP contribution in [0.4, 0.5) is 11.4 Å². The quantitative estimate of drug-likeness (QED) is 0.315. The number of hydrogen-bond acceptors (Lipinski definition) is 7. The predicted octanol–water partition coefficient (Wildman–Crippen LogP) is 4.72. The topological polar surface area (TPSA) is 116 Å². The van der Waals surface area contributed by atoms with Crippen LogP contribution in [0.3, 0.4) is 0 Å². The van der Waals surface area contributed by atoms with E-state index < -0.39 is 0 Å². The van der Waals surface area contributed by atoms with Gasteiger partial charge in [-0.1, -0.05) is 36.4 Å². The number of nitrogens with zero attached hydrogens (tertiary/aromatic N) is 2. The van der Waals surface area contributed by atoms with Crippen molar-refractivity contribution in [2.75, 3.05) is 24.4 Å². The normalized spacial score (nSPS) is 10.5. The van der Waals surface area contributed by atoms with Crippen LogP contribution in [0.1, 0.15) is 18.7 Å². The number of amides is 2. The number of hydrogen-bond donors (Lipinski definition) is 2. The van der Waals surface area contributed by atoms with Crippen molar-refractivity contribution >= 4 is 23.2 Å². The van der Waals surface area contributed by atoms with Gasteiger partial charge in [-0.2, -0.15) is 0 Å². The first-order valence-electron chi connectivity index (χ1n) is 11.4. The van der Waals surface area contributed by atoms with Crippen LogP contribution in [0.15, 0.2) is 83.3 Å². The molecule has 2 amide bonds. The van der Waals surface area contributed by atoms with Crippen LogP contribution < -0.4 is 20.1 Å². The zero-order chi connectivity index (χ0) is 25.2. The van der Waals surface area contributed by atoms with Gasteiger partial charge in [0.05, 0.1) is 7.11 Å². The Kier molecular flexibility index (Phi) is 8.27. The van der Waals surface area contributed by atoms with Crippen molar-refractivity contribution in [1.82, 2.24) is 10.2 Å². The van der Waals surface area contributed by atoms with Crippen LogP contribution in [-0.2, 0) is 16.0 Å². The molecule has 9 heteroatoms. The first-order chi connectivity index (χ1) is 17.6. The van der Waals surface area contributed by atoms with Crippen LogP contribution in [0.2, 0.25) is 0 Å². The van der Waals surface area contributed by atoms with Crippen LogP contribution in [0.5, 0.6) is 11.5 Å². The second-order valence-corrected chi connectivity index (χ2v) is 7.84. The number of rotatable bonds is 11. The number of benzene rings is 3. The van der Waals surface area contributed by atoms with Gasteiger partial charge in [-0.25, -0.2) is 0 Å². The highest BCUT2D eigenvalue weighted by molar-refractivity contribution is 5.94. The van der Waals surface area contributed by atoms with E-state index in [0.717, 1.165) is 5.56 Å². The third-order valence-corrected chi connectivity index (χ3v) is 5.14. The summed E-state index contributed by atoms with van der Waals surface area (Å²) < 4.78 is 16.4. The van der Waals surface area contributed by atoms with Gasteiger partial charge >= 0.3 is 0 Å². The van der Waals surface area contributed by atoms with Crippen molar-refractivity contribution in [3.05, 3.63) is 84.8 Å². The number of para-hydroxylation sites is 2. The van der Waals surface area contributed by atoms with E-state index in [1.54, 1.807) is 42.5 Å². The average Bonchev–Trinajstić information content (AvgIpc) is 3.37. The van der Waals surface area contributed by atoms with Gasteiger partial charge in [-0.15, -0.1) is 10.2 Å². The molecule has 4 rings (SSSR count). The lowest BCUT2D eigenvalue weighted by atomic mass is 10.2. The fraction of sp³-hybridized carbons (Fsp3) is 0.185. The van der Waals surface area contributed by atoms with E-state index in [1.807, 2.05) is 36.4 Å². The van der Waals surface area contributed by atoms with Gasteiger partial charge in [0.15, 0.2) is 18.1 Å². The first kappa shape index (κ1) is 24.5. The molecule has 0 unspecified atom stereocenters. The molecule has 1 heterocycles. The molecule has 0 atom stereocenters. The molecule has 0 saturated heterocycles. The Morgan fingerprint density at radius 3 is 2.28 bits per heavy atom. The third kappa shape index (κ3) is 6.92. The highest BCUT2D eigenvalue weighted by Gasteiger charge is 2.11. The summed E-state index contributed by atoms with van der Waals surface area (Å²) in [4.78, 5) is 24.7. The molecule has 0 radical (unpaired) electrons. The number of aromatic nitrogens is 2. The van der Waals surface area contributed by atoms with Crippen molar-refractivity contribution < 1.29 is 23.5 Å². The second-order valence-electron chi connectivity index (χ2n) is 7.84. The standard InChI is InChI=1S/C27H26N4O5/c1-34-22-13-5-6-14-23(22)35-18-25(33)29-21-12-7-11-20(17-21)28-24(32)15-8-16-26-30-31-27(36-26)19-9-3-2-4-10-19/h2-7,9-14,17H,8,15-16,18H2,1H3,(H,28,32)(H,29,33). The van der Waals surface area contributed by atoms with Crippen LogP contribution in [-0.4, -0.2) is 35.7 Å². The first-order valence-corrected chi connectivity index (χ1v) is 11.4. The van der Waals surface area contributed by atoms with Crippen LogP contribution in [0.25, 0.3) is 11.5 Å². The molecule has 0 aliphatic rings. The number of carbonyl (C=O) groups is 2. The molecular formula is C27H26N4O5. The maximum Gasteiger partial charge on any atom is 0.262 e. The van der Waals surface area contributed by atoms with Gasteiger partial charge in [0, 0.05) is 29.8 Å². The molecule has 0 aliphatic carbocycles. The molecule has 0 fully saturated rings. The van der Waals surface area contributed by atoms with E-state index in [9.17, 15) is 9.59 Å². The van der Waals surface area contributed by atoms with Crippen molar-refractivity contribution in [1.29, 1.82) is 0 Å². The molecule has 1 aromatic heterocycles. The van der Waals surface area contributed by atoms with Crippen molar-refractivity contribution in [3.8, 4) is 23.0 Å². The lowest BCUT2D eigenvalue weighted by Crippen LogP contribution is -2.20. The number of ether oxygens (including phenoxy) is 2. The van der Waals surface area contributed by atoms with Gasteiger partial charge < -0.3 is 24.5 Å². The highest BCUT2D eigenvalue weighted by atomic mass is 16.5. The summed E-state index contributed by atoms with van der Waals surface area (Å²) in [6.45, 7) is -0.182. The number of nitrogens with one attached hydrogen (secondary N) is 2. The summed E-state index contributed by atoms with van der Waals surface area (Å²) in [5, 5.41) is 13.7. The molecule has 0 aliphatic heterocycles. The fourth-order valence-corrected chi connectivity index (χ4v) is 3.43. The van der Waals surface area contributed by atoms with E-state index in [-0.39, 0.29) is 24.8 Å². The lowest BCUT2D eigenvalue weighted by Gasteiger charge is -2.11. The largest absolute Gasteiger partial charge is 0.493 e. The Morgan fingerprint density at radius 2 is 1.53 bits per heavy atom. The van der Waals surface area contributed by atoms with Gasteiger partial charge in [-0.05, 0) is 48.9 Å². The molecular weight excluding hydrogens is 460 g/mol. The molecule has 0 spiro atoms. The summed E-state index contributed by atoms with van der Waals surface area (Å²) in [5.74, 6) is 1.49. The van der Waals surface area contributed by atoms with E-state index in [4.69, 9.17) is 13.9 Å². The Bertz CT molecular complexity index is 1310. The molecule has 0 saturated carbocycles. The van der Waals surface area contributed by atoms with Crippen molar-refractivity contribution in [2.45, 2.75) is 19.3 Å². The van der Waals surface area contributed by atoms with E-state index >= 15 is 0 Å². The van der Waals surface area contributed by atoms with Gasteiger partial charge in [0.1, 0.15) is 0 Å². The molecule has 36 heavy (non-hydrogen) atoms. The summed E-state index contributed by atoms with van der Waals surface area (Å²) in [7, 11) is 1.54. The van der Waals surface area contributed by atoms with Gasteiger partial charge in [0.25, 0.3) is 5.91 Å². The Hall–Kier alpha value is -4.66. The molecule has 2 N–H and O–H groups in total. The zero-order valence-electron chi connectivity index (χ0n) is 19.8. The maximum absolute atomic E-state index is 12.4. The number of methoxy groups -OCH3 is 1. The van der Waals surface area contributed by atoms with Crippen LogP contribution >= 0.6 is 0 Å². The van der Waals surface area contributed by atoms with E-state index in [1.165, 1.54) is 7.11 Å². The molecule has 184 valence electrons. The van der Waals surface area contributed by atoms with E-state index in [0.29, 0.717) is 47.5 Å². The van der Waals surface area contributed by atoms with Gasteiger partial charge in [-0.3, -0.25) is 9.59 Å². The minimum absolute atomic E-state index is 0.152. The molecule has 3 aromatic carbocycles. The maximum atomic E-state index is 12.4. The minimum atomic E-state index is -0.334. The second kappa shape index (κ2) is 12.2. The Balaban J connectivity index is 1.22. The smallest absolute Gasteiger partial charge is 0.262 e. The average molecular weight is 487 g/mol. The minimum Gasteiger partial charge on any atom is -0.493 e. The summed E-state index contributed by atoms with van der Waals surface area (Å²) >= 11 is 0.